The average molecular weight is 299 g/mol. The van der Waals surface area contributed by atoms with E-state index in [4.69, 9.17) is 11.6 Å². The van der Waals surface area contributed by atoms with Crippen molar-refractivity contribution in [2.45, 2.75) is 13.0 Å². The Kier molecular flexibility index (Phi) is 4.28. The quantitative estimate of drug-likeness (QED) is 0.700. The molecule has 0 spiro atoms. The van der Waals surface area contributed by atoms with Gasteiger partial charge in [0.05, 0.1) is 0 Å². The van der Waals surface area contributed by atoms with Gasteiger partial charge in [0, 0.05) is 35.7 Å². The first kappa shape index (κ1) is 14.2. The van der Waals surface area contributed by atoms with Gasteiger partial charge in [0.2, 0.25) is 0 Å². The smallest absolute Gasteiger partial charge is 0.0480 e. The Hall–Kier alpha value is -1.77. The van der Waals surface area contributed by atoms with Gasteiger partial charge < -0.3 is 9.88 Å². The molecule has 108 valence electrons. The van der Waals surface area contributed by atoms with Crippen LogP contribution in [0.2, 0.25) is 5.02 Å². The van der Waals surface area contributed by atoms with Crippen LogP contribution in [-0.4, -0.2) is 11.1 Å². The molecule has 0 aliphatic rings. The first-order valence-corrected chi connectivity index (χ1v) is 7.60. The van der Waals surface area contributed by atoms with Crippen LogP contribution in [0.5, 0.6) is 0 Å². The zero-order valence-corrected chi connectivity index (χ0v) is 12.9. The molecule has 3 aromatic rings. The van der Waals surface area contributed by atoms with Crippen LogP contribution in [0.1, 0.15) is 11.1 Å². The molecule has 2 aromatic carbocycles. The third-order valence-corrected chi connectivity index (χ3v) is 4.04. The maximum absolute atomic E-state index is 5.89. The van der Waals surface area contributed by atoms with Crippen LogP contribution in [0, 0.1) is 0 Å². The molecular formula is C18H19ClN2. The largest absolute Gasteiger partial charge is 0.350 e. The summed E-state index contributed by atoms with van der Waals surface area (Å²) < 4.78 is 2.20. The van der Waals surface area contributed by atoms with Crippen molar-refractivity contribution in [3.8, 4) is 0 Å². The Morgan fingerprint density at radius 3 is 2.62 bits per heavy atom. The van der Waals surface area contributed by atoms with Crippen molar-refractivity contribution in [2.75, 3.05) is 6.54 Å². The fraction of sp³-hybridized carbons (Fsp3) is 0.222. The second kappa shape index (κ2) is 6.33. The van der Waals surface area contributed by atoms with E-state index >= 15 is 0 Å². The minimum atomic E-state index is 0.787. The molecule has 0 amide bonds. The number of fused-ring (bicyclic) bond motifs is 1. The Balaban J connectivity index is 1.58. The second-order valence-electron chi connectivity index (χ2n) is 5.34. The summed E-state index contributed by atoms with van der Waals surface area (Å²) in [4.78, 5) is 0. The van der Waals surface area contributed by atoms with Gasteiger partial charge in [-0.05, 0) is 42.3 Å². The van der Waals surface area contributed by atoms with Crippen LogP contribution >= 0.6 is 11.6 Å². The Labute approximate surface area is 130 Å². The van der Waals surface area contributed by atoms with E-state index in [-0.39, 0.29) is 0 Å². The van der Waals surface area contributed by atoms with Crippen molar-refractivity contribution in [3.63, 3.8) is 0 Å². The number of rotatable bonds is 5. The Bertz CT molecular complexity index is 729. The third kappa shape index (κ3) is 3.29. The van der Waals surface area contributed by atoms with Crippen LogP contribution in [-0.2, 0) is 20.0 Å². The van der Waals surface area contributed by atoms with Crippen molar-refractivity contribution >= 4 is 22.5 Å². The summed E-state index contributed by atoms with van der Waals surface area (Å²) >= 11 is 5.89. The molecule has 0 atom stereocenters. The molecule has 0 fully saturated rings. The number of halogens is 1. The van der Waals surface area contributed by atoms with Crippen LogP contribution in [0.25, 0.3) is 10.9 Å². The molecule has 3 rings (SSSR count). The molecule has 0 radical (unpaired) electrons. The number of nitrogens with one attached hydrogen (secondary N) is 1. The number of hydrogen-bond acceptors (Lipinski definition) is 1. The van der Waals surface area contributed by atoms with Crippen molar-refractivity contribution in [2.24, 2.45) is 7.05 Å². The maximum atomic E-state index is 5.89. The van der Waals surface area contributed by atoms with Crippen molar-refractivity contribution in [1.29, 1.82) is 0 Å². The lowest BCUT2D eigenvalue weighted by atomic mass is 10.1. The SMILES string of the molecule is Cn1cc(CCNCc2ccc(Cl)cc2)c2ccccc21. The highest BCUT2D eigenvalue weighted by Gasteiger charge is 2.05. The van der Waals surface area contributed by atoms with Crippen molar-refractivity contribution in [1.82, 2.24) is 9.88 Å². The van der Waals surface area contributed by atoms with Gasteiger partial charge in [-0.1, -0.05) is 41.9 Å². The van der Waals surface area contributed by atoms with Gasteiger partial charge in [-0.3, -0.25) is 0 Å². The second-order valence-corrected chi connectivity index (χ2v) is 5.77. The van der Waals surface area contributed by atoms with Gasteiger partial charge in [-0.2, -0.15) is 0 Å². The first-order valence-electron chi connectivity index (χ1n) is 7.22. The van der Waals surface area contributed by atoms with E-state index in [0.29, 0.717) is 0 Å². The van der Waals surface area contributed by atoms with Crippen molar-refractivity contribution < 1.29 is 0 Å². The zero-order valence-electron chi connectivity index (χ0n) is 12.1. The molecule has 0 saturated carbocycles. The molecule has 0 aliphatic carbocycles. The Morgan fingerprint density at radius 2 is 1.81 bits per heavy atom. The molecule has 21 heavy (non-hydrogen) atoms. The first-order chi connectivity index (χ1) is 10.2. The van der Waals surface area contributed by atoms with Gasteiger partial charge in [0.15, 0.2) is 0 Å². The number of aromatic nitrogens is 1. The maximum Gasteiger partial charge on any atom is 0.0480 e. The lowest BCUT2D eigenvalue weighted by Crippen LogP contribution is -2.16. The summed E-state index contributed by atoms with van der Waals surface area (Å²) in [7, 11) is 2.10. The van der Waals surface area contributed by atoms with Gasteiger partial charge in [0.1, 0.15) is 0 Å². The summed E-state index contributed by atoms with van der Waals surface area (Å²) in [6, 6.07) is 16.6. The minimum absolute atomic E-state index is 0.787. The molecule has 1 heterocycles. The summed E-state index contributed by atoms with van der Waals surface area (Å²) in [6.45, 7) is 1.85. The van der Waals surface area contributed by atoms with Crippen molar-refractivity contribution in [3.05, 3.63) is 70.9 Å². The summed E-state index contributed by atoms with van der Waals surface area (Å²) in [6.07, 6.45) is 3.27. The zero-order chi connectivity index (χ0) is 14.7. The molecule has 0 aliphatic heterocycles. The number of nitrogens with zero attached hydrogens (tertiary/aromatic N) is 1. The van der Waals surface area contributed by atoms with Gasteiger partial charge >= 0.3 is 0 Å². The monoisotopic (exact) mass is 298 g/mol. The van der Waals surface area contributed by atoms with E-state index in [2.05, 4.69) is 59.5 Å². The molecule has 1 N–H and O–H groups in total. The number of aryl methyl sites for hydroxylation is 1. The molecule has 1 aromatic heterocycles. The fourth-order valence-electron chi connectivity index (χ4n) is 2.68. The van der Waals surface area contributed by atoms with Gasteiger partial charge in [-0.15, -0.1) is 0 Å². The standard InChI is InChI=1S/C18H19ClN2/c1-21-13-15(17-4-2-3-5-18(17)21)10-11-20-12-14-6-8-16(19)9-7-14/h2-9,13,20H,10-12H2,1H3. The predicted octanol–water partition coefficient (Wildman–Crippen LogP) is 4.16. The number of hydrogen-bond donors (Lipinski definition) is 1. The molecular weight excluding hydrogens is 280 g/mol. The van der Waals surface area contributed by atoms with E-state index in [0.717, 1.165) is 24.5 Å². The van der Waals surface area contributed by atoms with E-state index < -0.39 is 0 Å². The third-order valence-electron chi connectivity index (χ3n) is 3.79. The minimum Gasteiger partial charge on any atom is -0.350 e. The van der Waals surface area contributed by atoms with Gasteiger partial charge in [-0.25, -0.2) is 0 Å². The van der Waals surface area contributed by atoms with E-state index in [1.165, 1.54) is 22.0 Å². The molecule has 0 bridgehead atoms. The summed E-state index contributed by atoms with van der Waals surface area (Å²) in [5.74, 6) is 0. The number of benzene rings is 2. The summed E-state index contributed by atoms with van der Waals surface area (Å²) in [5.41, 5.74) is 3.96. The van der Waals surface area contributed by atoms with E-state index in [9.17, 15) is 0 Å². The molecule has 2 nitrogen and oxygen atoms in total. The fourth-order valence-corrected chi connectivity index (χ4v) is 2.81. The highest BCUT2D eigenvalue weighted by molar-refractivity contribution is 6.30. The predicted molar refractivity (Wildman–Crippen MR) is 89.8 cm³/mol. The number of para-hydroxylation sites is 1. The highest BCUT2D eigenvalue weighted by Crippen LogP contribution is 2.20. The van der Waals surface area contributed by atoms with Crippen LogP contribution in [0.3, 0.4) is 0 Å². The average Bonchev–Trinajstić information content (AvgIpc) is 2.83. The normalized spacial score (nSPS) is 11.1. The summed E-state index contributed by atoms with van der Waals surface area (Å²) in [5, 5.41) is 5.63. The molecule has 3 heteroatoms. The van der Waals surface area contributed by atoms with Gasteiger partial charge in [0.25, 0.3) is 0 Å². The van der Waals surface area contributed by atoms with Crippen LogP contribution < -0.4 is 5.32 Å². The van der Waals surface area contributed by atoms with Crippen LogP contribution in [0.4, 0.5) is 0 Å². The van der Waals surface area contributed by atoms with E-state index in [1.54, 1.807) is 0 Å². The lowest BCUT2D eigenvalue weighted by Gasteiger charge is -2.05. The van der Waals surface area contributed by atoms with Crippen LogP contribution in [0.15, 0.2) is 54.7 Å². The Morgan fingerprint density at radius 1 is 1.05 bits per heavy atom. The molecule has 0 saturated heterocycles. The lowest BCUT2D eigenvalue weighted by molar-refractivity contribution is 0.687. The molecule has 0 unspecified atom stereocenters. The van der Waals surface area contributed by atoms with E-state index in [1.807, 2.05) is 12.1 Å². The highest BCUT2D eigenvalue weighted by atomic mass is 35.5. The topological polar surface area (TPSA) is 17.0 Å².